The van der Waals surface area contributed by atoms with Gasteiger partial charge in [0.05, 0.1) is 5.56 Å². The van der Waals surface area contributed by atoms with Gasteiger partial charge in [-0.3, -0.25) is 19.0 Å². The second-order valence-electron chi connectivity index (χ2n) is 6.85. The fourth-order valence-corrected chi connectivity index (χ4v) is 3.41. The number of aromatic nitrogens is 2. The third kappa shape index (κ3) is 3.26. The normalized spacial score (nSPS) is 13.3. The monoisotopic (exact) mass is 379 g/mol. The van der Waals surface area contributed by atoms with Gasteiger partial charge in [-0.2, -0.15) is 0 Å². The molecule has 0 unspecified atom stereocenters. The molecule has 142 valence electrons. The number of aryl methyl sites for hydroxylation is 1. The highest BCUT2D eigenvalue weighted by molar-refractivity contribution is 5.94. The molecule has 0 aliphatic carbocycles. The Balaban J connectivity index is 1.65. The maximum Gasteiger partial charge on any atom is 0.255 e. The van der Waals surface area contributed by atoms with Crippen molar-refractivity contribution < 1.29 is 9.18 Å². The molecule has 1 aliphatic heterocycles. The molecule has 0 N–H and O–H groups in total. The van der Waals surface area contributed by atoms with Crippen LogP contribution in [0.5, 0.6) is 0 Å². The maximum absolute atomic E-state index is 13.2. The molecular weight excluding hydrogens is 361 g/mol. The van der Waals surface area contributed by atoms with E-state index in [1.54, 1.807) is 36.3 Å². The van der Waals surface area contributed by atoms with E-state index < -0.39 is 0 Å². The molecule has 1 amide bonds. The molecule has 28 heavy (non-hydrogen) atoms. The number of hydrogen-bond donors (Lipinski definition) is 0. The molecule has 0 fully saturated rings. The summed E-state index contributed by atoms with van der Waals surface area (Å²) in [5.74, 6) is -0.537. The van der Waals surface area contributed by atoms with Gasteiger partial charge >= 0.3 is 0 Å². The number of halogens is 1. The van der Waals surface area contributed by atoms with Crippen LogP contribution in [0, 0.1) is 5.82 Å². The number of carbonyl (C=O) groups is 1. The lowest BCUT2D eigenvalue weighted by atomic mass is 10.0. The van der Waals surface area contributed by atoms with Gasteiger partial charge in [0.15, 0.2) is 0 Å². The van der Waals surface area contributed by atoms with Crippen LogP contribution < -0.4 is 11.1 Å². The van der Waals surface area contributed by atoms with Crippen molar-refractivity contribution in [2.45, 2.75) is 13.0 Å². The molecule has 7 heteroatoms. The average molecular weight is 379 g/mol. The van der Waals surface area contributed by atoms with Crippen LogP contribution in [0.15, 0.2) is 64.4 Å². The number of nitrogens with zero attached hydrogens (tertiary/aromatic N) is 3. The van der Waals surface area contributed by atoms with Crippen LogP contribution in [0.4, 0.5) is 4.39 Å². The van der Waals surface area contributed by atoms with Crippen LogP contribution in [0.1, 0.15) is 21.5 Å². The van der Waals surface area contributed by atoms with Crippen molar-refractivity contribution in [2.24, 2.45) is 7.05 Å². The molecular formula is C21H18FN3O3. The van der Waals surface area contributed by atoms with Crippen LogP contribution >= 0.6 is 0 Å². The molecule has 0 atom stereocenters. The molecule has 0 saturated heterocycles. The third-order valence-corrected chi connectivity index (χ3v) is 4.97. The first-order valence-electron chi connectivity index (χ1n) is 8.89. The van der Waals surface area contributed by atoms with Crippen molar-refractivity contribution in [3.63, 3.8) is 0 Å². The van der Waals surface area contributed by atoms with E-state index in [0.717, 1.165) is 11.1 Å². The van der Waals surface area contributed by atoms with Crippen molar-refractivity contribution >= 4 is 5.91 Å². The van der Waals surface area contributed by atoms with Gasteiger partial charge in [0.25, 0.3) is 11.5 Å². The fourth-order valence-electron chi connectivity index (χ4n) is 3.41. The second kappa shape index (κ2) is 6.92. The molecule has 6 nitrogen and oxygen atoms in total. The third-order valence-electron chi connectivity index (χ3n) is 4.97. The predicted octanol–water partition coefficient (Wildman–Crippen LogP) is 1.87. The Kier molecular flexibility index (Phi) is 4.43. The summed E-state index contributed by atoms with van der Waals surface area (Å²) in [5.41, 5.74) is 2.42. The Morgan fingerprint density at radius 1 is 0.964 bits per heavy atom. The lowest BCUT2D eigenvalue weighted by Gasteiger charge is -2.29. The summed E-state index contributed by atoms with van der Waals surface area (Å²) in [6, 6.07) is 10.2. The summed E-state index contributed by atoms with van der Waals surface area (Å²) in [7, 11) is 1.60. The largest absolute Gasteiger partial charge is 0.334 e. The molecule has 1 aromatic carbocycles. The number of amides is 1. The molecule has 0 bridgehead atoms. The van der Waals surface area contributed by atoms with E-state index in [0.29, 0.717) is 30.8 Å². The Hall–Kier alpha value is -3.48. The van der Waals surface area contributed by atoms with Crippen LogP contribution in [0.25, 0.3) is 5.69 Å². The van der Waals surface area contributed by atoms with Crippen LogP contribution in [0.2, 0.25) is 0 Å². The highest BCUT2D eigenvalue weighted by atomic mass is 19.1. The topological polar surface area (TPSA) is 64.3 Å². The first kappa shape index (κ1) is 17.9. The Bertz CT molecular complexity index is 1180. The summed E-state index contributed by atoms with van der Waals surface area (Å²) in [5, 5.41) is 0. The van der Waals surface area contributed by atoms with Crippen molar-refractivity contribution in [2.75, 3.05) is 6.54 Å². The average Bonchev–Trinajstić information content (AvgIpc) is 2.69. The molecule has 3 heterocycles. The quantitative estimate of drug-likeness (QED) is 0.683. The minimum Gasteiger partial charge on any atom is -0.334 e. The van der Waals surface area contributed by atoms with Gasteiger partial charge in [0, 0.05) is 50.4 Å². The van der Waals surface area contributed by atoms with Crippen LogP contribution in [-0.2, 0) is 20.0 Å². The fraction of sp³-hybridized carbons (Fsp3) is 0.190. The zero-order valence-corrected chi connectivity index (χ0v) is 15.3. The van der Waals surface area contributed by atoms with Crippen molar-refractivity contribution in [3.05, 3.63) is 98.1 Å². The number of rotatable bonds is 2. The van der Waals surface area contributed by atoms with Gasteiger partial charge in [-0.25, -0.2) is 4.39 Å². The van der Waals surface area contributed by atoms with Gasteiger partial charge in [-0.15, -0.1) is 0 Å². The van der Waals surface area contributed by atoms with Gasteiger partial charge < -0.3 is 9.47 Å². The molecule has 4 rings (SSSR count). The summed E-state index contributed by atoms with van der Waals surface area (Å²) >= 11 is 0. The Labute approximate surface area is 160 Å². The van der Waals surface area contributed by atoms with Crippen molar-refractivity contribution in [1.82, 2.24) is 14.0 Å². The van der Waals surface area contributed by atoms with Crippen molar-refractivity contribution in [3.8, 4) is 5.69 Å². The van der Waals surface area contributed by atoms with Gasteiger partial charge in [-0.1, -0.05) is 0 Å². The zero-order chi connectivity index (χ0) is 19.8. The number of carbonyl (C=O) groups excluding carboxylic acids is 1. The maximum atomic E-state index is 13.2. The lowest BCUT2D eigenvalue weighted by molar-refractivity contribution is 0.0733. The molecule has 0 radical (unpaired) electrons. The smallest absolute Gasteiger partial charge is 0.255 e. The number of benzene rings is 1. The lowest BCUT2D eigenvalue weighted by Crippen LogP contribution is -2.37. The van der Waals surface area contributed by atoms with Crippen LogP contribution in [-0.4, -0.2) is 26.5 Å². The van der Waals surface area contributed by atoms with Gasteiger partial charge in [0.1, 0.15) is 5.82 Å². The highest BCUT2D eigenvalue weighted by Crippen LogP contribution is 2.20. The van der Waals surface area contributed by atoms with E-state index in [-0.39, 0.29) is 22.8 Å². The number of fused-ring (bicyclic) bond motifs is 1. The molecule has 3 aromatic rings. The standard InChI is InChI=1S/C21H18FN3O3/c1-23-11-15(2-7-19(23)26)21(28)24-9-8-14-10-20(27)25(13-16(14)12-24)18-5-3-17(22)4-6-18/h2-7,10-11,13H,8-9,12H2,1H3. The minimum atomic E-state index is -0.371. The van der Waals surface area contributed by atoms with E-state index in [1.807, 2.05) is 0 Å². The van der Waals surface area contributed by atoms with E-state index in [9.17, 15) is 18.8 Å². The summed E-state index contributed by atoms with van der Waals surface area (Å²) in [6.45, 7) is 0.854. The molecule has 0 spiro atoms. The molecule has 0 saturated carbocycles. The Morgan fingerprint density at radius 3 is 2.43 bits per heavy atom. The number of hydrogen-bond acceptors (Lipinski definition) is 3. The van der Waals surface area contributed by atoms with E-state index in [1.165, 1.54) is 39.6 Å². The van der Waals surface area contributed by atoms with Crippen LogP contribution in [0.3, 0.4) is 0 Å². The highest BCUT2D eigenvalue weighted by Gasteiger charge is 2.23. The number of pyridine rings is 2. The van der Waals surface area contributed by atoms with E-state index in [4.69, 9.17) is 0 Å². The summed E-state index contributed by atoms with van der Waals surface area (Å²) < 4.78 is 16.0. The minimum absolute atomic E-state index is 0.166. The Morgan fingerprint density at radius 2 is 1.71 bits per heavy atom. The van der Waals surface area contributed by atoms with Gasteiger partial charge in [-0.05, 0) is 47.9 Å². The molecule has 1 aliphatic rings. The summed E-state index contributed by atoms with van der Waals surface area (Å²) in [6.07, 6.45) is 3.82. The van der Waals surface area contributed by atoms with E-state index >= 15 is 0 Å². The van der Waals surface area contributed by atoms with Crippen molar-refractivity contribution in [1.29, 1.82) is 0 Å². The molecule has 2 aromatic heterocycles. The zero-order valence-electron chi connectivity index (χ0n) is 15.3. The SMILES string of the molecule is Cn1cc(C(=O)N2CCc3cc(=O)n(-c4ccc(F)cc4)cc3C2)ccc1=O. The predicted molar refractivity (Wildman–Crippen MR) is 102 cm³/mol. The first-order chi connectivity index (χ1) is 13.4. The van der Waals surface area contributed by atoms with E-state index in [2.05, 4.69) is 0 Å². The van der Waals surface area contributed by atoms with Gasteiger partial charge in [0.2, 0.25) is 5.56 Å². The second-order valence-corrected chi connectivity index (χ2v) is 6.85. The first-order valence-corrected chi connectivity index (χ1v) is 8.89. The summed E-state index contributed by atoms with van der Waals surface area (Å²) in [4.78, 5) is 38.5.